The Morgan fingerprint density at radius 2 is 2.05 bits per heavy atom. The summed E-state index contributed by atoms with van der Waals surface area (Å²) in [5.41, 5.74) is 12.3. The van der Waals surface area contributed by atoms with Gasteiger partial charge < -0.3 is 11.5 Å². The average molecular weight is 305 g/mol. The van der Waals surface area contributed by atoms with Gasteiger partial charge in [-0.05, 0) is 30.7 Å². The van der Waals surface area contributed by atoms with Crippen molar-refractivity contribution in [2.45, 2.75) is 39.0 Å². The van der Waals surface area contributed by atoms with Crippen molar-refractivity contribution in [2.75, 3.05) is 5.73 Å². The number of hydrogen-bond acceptors (Lipinski definition) is 5. The number of nitriles is 1. The standard InChI is InChI=1S/C13H16N2O2S.C2H3N/c14-12(17)9-8-4-3-7(5-6-1-2-6)10(16)11(8)18-13(9)15;1-2-3/h6-7H,1-5,15H2,(H2,14,17);1H3/t7-;/m1./s1. The number of ketones is 1. The molecule has 1 aromatic rings. The van der Waals surface area contributed by atoms with E-state index in [1.165, 1.54) is 31.1 Å². The first kappa shape index (κ1) is 15.5. The van der Waals surface area contributed by atoms with Gasteiger partial charge in [-0.25, -0.2) is 0 Å². The average Bonchev–Trinajstić information content (AvgIpc) is 3.15. The number of hydrogen-bond donors (Lipinski definition) is 2. The summed E-state index contributed by atoms with van der Waals surface area (Å²) in [4.78, 5) is 24.4. The summed E-state index contributed by atoms with van der Waals surface area (Å²) in [6, 6.07) is 1.75. The second-order valence-corrected chi connectivity index (χ2v) is 6.57. The van der Waals surface area contributed by atoms with E-state index in [2.05, 4.69) is 0 Å². The number of Topliss-reactive ketones (excluding diaryl/α,β-unsaturated/α-hetero) is 1. The molecule has 0 unspecified atom stereocenters. The second kappa shape index (κ2) is 6.27. The monoisotopic (exact) mass is 305 g/mol. The molecule has 0 saturated heterocycles. The van der Waals surface area contributed by atoms with Gasteiger partial charge in [-0.2, -0.15) is 5.26 Å². The van der Waals surface area contributed by atoms with Crippen molar-refractivity contribution in [3.8, 4) is 6.07 Å². The fourth-order valence-corrected chi connectivity index (χ4v) is 3.95. The van der Waals surface area contributed by atoms with Crippen LogP contribution in [-0.4, -0.2) is 11.7 Å². The van der Waals surface area contributed by atoms with E-state index in [0.717, 1.165) is 30.7 Å². The predicted molar refractivity (Wildman–Crippen MR) is 82.0 cm³/mol. The smallest absolute Gasteiger partial charge is 0.251 e. The SMILES string of the molecule is CC#N.NC(=O)c1c(N)sc2c1CC[C@H](CC1CC1)C2=O. The van der Waals surface area contributed by atoms with Crippen molar-refractivity contribution in [2.24, 2.45) is 17.6 Å². The summed E-state index contributed by atoms with van der Waals surface area (Å²) in [6.45, 7) is 1.43. The number of nitrogens with two attached hydrogens (primary N) is 2. The summed E-state index contributed by atoms with van der Waals surface area (Å²) >= 11 is 1.23. The van der Waals surface area contributed by atoms with E-state index in [0.29, 0.717) is 15.4 Å². The van der Waals surface area contributed by atoms with Crippen LogP contribution in [0.15, 0.2) is 0 Å². The summed E-state index contributed by atoms with van der Waals surface area (Å²) in [5, 5.41) is 7.72. The lowest BCUT2D eigenvalue weighted by atomic mass is 9.83. The minimum absolute atomic E-state index is 0.128. The molecular formula is C15H19N3O2S. The van der Waals surface area contributed by atoms with Gasteiger partial charge in [0, 0.05) is 12.8 Å². The molecule has 1 saturated carbocycles. The lowest BCUT2D eigenvalue weighted by molar-refractivity contribution is 0.0895. The zero-order chi connectivity index (χ0) is 15.6. The maximum absolute atomic E-state index is 12.4. The maximum Gasteiger partial charge on any atom is 0.251 e. The third kappa shape index (κ3) is 3.24. The number of fused-ring (bicyclic) bond motifs is 1. The number of thiophene rings is 1. The summed E-state index contributed by atoms with van der Waals surface area (Å²) in [5.74, 6) is 0.531. The van der Waals surface area contributed by atoms with Crippen molar-refractivity contribution < 1.29 is 9.59 Å². The Balaban J connectivity index is 0.000000497. The highest BCUT2D eigenvalue weighted by Gasteiger charge is 2.36. The molecule has 1 heterocycles. The molecule has 6 heteroatoms. The first-order valence-electron chi connectivity index (χ1n) is 7.05. The second-order valence-electron chi connectivity index (χ2n) is 5.52. The maximum atomic E-state index is 12.4. The largest absolute Gasteiger partial charge is 0.390 e. The summed E-state index contributed by atoms with van der Waals surface area (Å²) < 4.78 is 0. The zero-order valence-corrected chi connectivity index (χ0v) is 12.8. The third-order valence-electron chi connectivity index (χ3n) is 3.93. The van der Waals surface area contributed by atoms with E-state index in [1.807, 2.05) is 0 Å². The Morgan fingerprint density at radius 3 is 2.57 bits per heavy atom. The Labute approximate surface area is 127 Å². The van der Waals surface area contributed by atoms with E-state index >= 15 is 0 Å². The third-order valence-corrected chi connectivity index (χ3v) is 5.01. The Hall–Kier alpha value is -1.87. The molecule has 1 amide bonds. The van der Waals surface area contributed by atoms with E-state index in [9.17, 15) is 9.59 Å². The van der Waals surface area contributed by atoms with Gasteiger partial charge in [0.05, 0.1) is 21.5 Å². The first-order chi connectivity index (χ1) is 9.99. The Kier molecular flexibility index (Phi) is 4.63. The number of nitrogen functional groups attached to an aromatic ring is 1. The molecule has 2 aliphatic rings. The van der Waals surface area contributed by atoms with Crippen LogP contribution in [0.4, 0.5) is 5.00 Å². The number of carbonyl (C=O) groups is 2. The highest BCUT2D eigenvalue weighted by atomic mass is 32.1. The van der Waals surface area contributed by atoms with E-state index < -0.39 is 5.91 Å². The van der Waals surface area contributed by atoms with Crippen LogP contribution in [0.5, 0.6) is 0 Å². The molecule has 1 aromatic heterocycles. The molecule has 5 nitrogen and oxygen atoms in total. The molecule has 0 radical (unpaired) electrons. The number of amides is 1. The number of carbonyl (C=O) groups excluding carboxylic acids is 2. The molecule has 2 aliphatic carbocycles. The van der Waals surface area contributed by atoms with Crippen molar-refractivity contribution in [3.05, 3.63) is 16.0 Å². The number of anilines is 1. The predicted octanol–water partition coefficient (Wildman–Crippen LogP) is 2.50. The Morgan fingerprint density at radius 1 is 1.43 bits per heavy atom. The first-order valence-corrected chi connectivity index (χ1v) is 7.87. The molecule has 0 spiro atoms. The molecule has 112 valence electrons. The van der Waals surface area contributed by atoms with Gasteiger partial charge in [0.2, 0.25) is 0 Å². The van der Waals surface area contributed by atoms with Gasteiger partial charge in [0.15, 0.2) is 5.78 Å². The number of nitrogens with zero attached hydrogens (tertiary/aromatic N) is 1. The van der Waals surface area contributed by atoms with E-state index in [-0.39, 0.29) is 11.7 Å². The molecule has 21 heavy (non-hydrogen) atoms. The van der Waals surface area contributed by atoms with Crippen molar-refractivity contribution >= 4 is 28.0 Å². The van der Waals surface area contributed by atoms with Crippen LogP contribution >= 0.6 is 11.3 Å². The van der Waals surface area contributed by atoms with Gasteiger partial charge in [0.25, 0.3) is 5.91 Å². The van der Waals surface area contributed by atoms with Crippen molar-refractivity contribution in [3.63, 3.8) is 0 Å². The fraction of sp³-hybridized carbons (Fsp3) is 0.533. The molecular weight excluding hydrogens is 286 g/mol. The van der Waals surface area contributed by atoms with Crippen LogP contribution in [0.1, 0.15) is 58.2 Å². The van der Waals surface area contributed by atoms with Crippen LogP contribution < -0.4 is 11.5 Å². The summed E-state index contributed by atoms with van der Waals surface area (Å²) in [6.07, 6.45) is 5.11. The molecule has 0 bridgehead atoms. The van der Waals surface area contributed by atoms with Gasteiger partial charge in [-0.3, -0.25) is 9.59 Å². The summed E-state index contributed by atoms with van der Waals surface area (Å²) in [7, 11) is 0. The van der Waals surface area contributed by atoms with Crippen LogP contribution in [-0.2, 0) is 6.42 Å². The lowest BCUT2D eigenvalue weighted by Gasteiger charge is -2.20. The Bertz CT molecular complexity index is 611. The normalized spacial score (nSPS) is 20.0. The van der Waals surface area contributed by atoms with Gasteiger partial charge in [-0.15, -0.1) is 11.3 Å². The van der Waals surface area contributed by atoms with Crippen LogP contribution in [0.25, 0.3) is 0 Å². The van der Waals surface area contributed by atoms with Gasteiger partial charge in [0.1, 0.15) is 0 Å². The van der Waals surface area contributed by atoms with Crippen LogP contribution in [0, 0.1) is 23.2 Å². The molecule has 0 aliphatic heterocycles. The van der Waals surface area contributed by atoms with Crippen LogP contribution in [0.2, 0.25) is 0 Å². The molecule has 1 fully saturated rings. The fourth-order valence-electron chi connectivity index (χ4n) is 2.81. The topological polar surface area (TPSA) is 110 Å². The lowest BCUT2D eigenvalue weighted by Crippen LogP contribution is -2.23. The molecule has 3 rings (SSSR count). The van der Waals surface area contributed by atoms with Gasteiger partial charge in [-0.1, -0.05) is 12.8 Å². The van der Waals surface area contributed by atoms with E-state index in [4.69, 9.17) is 16.7 Å². The zero-order valence-electron chi connectivity index (χ0n) is 12.0. The van der Waals surface area contributed by atoms with Gasteiger partial charge >= 0.3 is 0 Å². The van der Waals surface area contributed by atoms with Crippen molar-refractivity contribution in [1.82, 2.24) is 0 Å². The number of primary amides is 1. The molecule has 1 atom stereocenters. The van der Waals surface area contributed by atoms with E-state index in [1.54, 1.807) is 6.07 Å². The minimum atomic E-state index is -0.515. The molecule has 4 N–H and O–H groups in total. The van der Waals surface area contributed by atoms with Crippen LogP contribution in [0.3, 0.4) is 0 Å². The quantitative estimate of drug-likeness (QED) is 0.893. The molecule has 0 aromatic carbocycles. The number of rotatable bonds is 3. The van der Waals surface area contributed by atoms with Crippen molar-refractivity contribution in [1.29, 1.82) is 5.26 Å². The highest BCUT2D eigenvalue weighted by molar-refractivity contribution is 7.18. The minimum Gasteiger partial charge on any atom is -0.390 e. The highest BCUT2D eigenvalue weighted by Crippen LogP contribution is 2.43.